The Morgan fingerprint density at radius 3 is 2.48 bits per heavy atom. The molecule has 0 amide bonds. The molecule has 2 atom stereocenters. The molecular weight excluding hydrogens is 316 g/mol. The fourth-order valence-electron chi connectivity index (χ4n) is 4.36. The minimum atomic E-state index is 0.330. The molecule has 0 N–H and O–H groups in total. The van der Waals surface area contributed by atoms with Crippen LogP contribution in [0.3, 0.4) is 0 Å². The van der Waals surface area contributed by atoms with Crippen molar-refractivity contribution in [3.05, 3.63) is 24.3 Å². The summed E-state index contributed by atoms with van der Waals surface area (Å²) >= 11 is 0. The van der Waals surface area contributed by atoms with Crippen LogP contribution in [0.5, 0.6) is 0 Å². The highest BCUT2D eigenvalue weighted by Crippen LogP contribution is 2.29. The van der Waals surface area contributed by atoms with Crippen LogP contribution in [0.25, 0.3) is 11.0 Å². The standard InChI is InChI=1S/C19H26N4O2/c1-2-8-18-17(7-1)20-19-22(12-16-6-4-10-25-16)13-21(14-23(18)19)11-15-5-3-9-24-15/h1-2,7-8,15-16H,3-6,9-14H2/t15-,16+/m1/s1. The number of ether oxygens (including phenoxy) is 2. The predicted octanol–water partition coefficient (Wildman–Crippen LogP) is 2.43. The molecule has 0 radical (unpaired) electrons. The first-order valence-electron chi connectivity index (χ1n) is 9.52. The van der Waals surface area contributed by atoms with Crippen molar-refractivity contribution in [2.75, 3.05) is 37.9 Å². The Kier molecular flexibility index (Phi) is 4.12. The average Bonchev–Trinajstić information content (AvgIpc) is 3.36. The van der Waals surface area contributed by atoms with Gasteiger partial charge < -0.3 is 14.4 Å². The highest BCUT2D eigenvalue weighted by atomic mass is 16.5. The molecular formula is C19H26N4O2. The molecule has 5 rings (SSSR count). The molecule has 3 aliphatic heterocycles. The van der Waals surface area contributed by atoms with Crippen molar-refractivity contribution >= 4 is 17.0 Å². The Labute approximate surface area is 148 Å². The predicted molar refractivity (Wildman–Crippen MR) is 96.6 cm³/mol. The van der Waals surface area contributed by atoms with Crippen LogP contribution in [0.1, 0.15) is 25.7 Å². The second-order valence-electron chi connectivity index (χ2n) is 7.46. The van der Waals surface area contributed by atoms with E-state index in [0.717, 1.165) is 57.5 Å². The first-order chi connectivity index (χ1) is 12.4. The van der Waals surface area contributed by atoms with Gasteiger partial charge in [-0.15, -0.1) is 0 Å². The number of anilines is 1. The number of imidazole rings is 1. The third-order valence-electron chi connectivity index (χ3n) is 5.56. The molecule has 6 heteroatoms. The van der Waals surface area contributed by atoms with Crippen LogP contribution in [0, 0.1) is 0 Å². The summed E-state index contributed by atoms with van der Waals surface area (Å²) in [6.45, 7) is 5.52. The quantitative estimate of drug-likeness (QED) is 0.854. The van der Waals surface area contributed by atoms with Gasteiger partial charge in [-0.05, 0) is 37.8 Å². The number of nitrogens with zero attached hydrogens (tertiary/aromatic N) is 4. The maximum absolute atomic E-state index is 5.89. The first-order valence-corrected chi connectivity index (χ1v) is 9.52. The topological polar surface area (TPSA) is 42.8 Å². The summed E-state index contributed by atoms with van der Waals surface area (Å²) in [4.78, 5) is 9.81. The molecule has 0 unspecified atom stereocenters. The summed E-state index contributed by atoms with van der Waals surface area (Å²) in [5.41, 5.74) is 2.29. The lowest BCUT2D eigenvalue weighted by Crippen LogP contribution is -2.49. The average molecular weight is 342 g/mol. The lowest BCUT2D eigenvalue weighted by Gasteiger charge is -2.38. The summed E-state index contributed by atoms with van der Waals surface area (Å²) in [5, 5.41) is 0. The number of fused-ring (bicyclic) bond motifs is 3. The van der Waals surface area contributed by atoms with Gasteiger partial charge in [-0.25, -0.2) is 4.98 Å². The molecule has 0 spiro atoms. The van der Waals surface area contributed by atoms with E-state index >= 15 is 0 Å². The van der Waals surface area contributed by atoms with Gasteiger partial charge in [0.05, 0.1) is 36.6 Å². The molecule has 2 saturated heterocycles. The zero-order chi connectivity index (χ0) is 16.6. The van der Waals surface area contributed by atoms with E-state index in [2.05, 4.69) is 38.6 Å². The highest BCUT2D eigenvalue weighted by Gasteiger charge is 2.30. The normalized spacial score (nSPS) is 27.3. The van der Waals surface area contributed by atoms with Crippen molar-refractivity contribution in [2.24, 2.45) is 0 Å². The molecule has 4 heterocycles. The second-order valence-corrected chi connectivity index (χ2v) is 7.46. The molecule has 0 saturated carbocycles. The number of aromatic nitrogens is 2. The number of benzene rings is 1. The van der Waals surface area contributed by atoms with E-state index in [1.54, 1.807) is 0 Å². The lowest BCUT2D eigenvalue weighted by atomic mass is 10.2. The summed E-state index contributed by atoms with van der Waals surface area (Å²) < 4.78 is 14.1. The number of para-hydroxylation sites is 2. The van der Waals surface area contributed by atoms with Crippen LogP contribution in [-0.4, -0.2) is 59.6 Å². The van der Waals surface area contributed by atoms with Crippen LogP contribution < -0.4 is 4.90 Å². The third kappa shape index (κ3) is 3.03. The Bertz CT molecular complexity index is 734. The van der Waals surface area contributed by atoms with Crippen molar-refractivity contribution < 1.29 is 9.47 Å². The lowest BCUT2D eigenvalue weighted by molar-refractivity contribution is 0.0548. The van der Waals surface area contributed by atoms with Gasteiger partial charge in [0, 0.05) is 26.3 Å². The van der Waals surface area contributed by atoms with E-state index in [1.807, 2.05) is 0 Å². The molecule has 25 heavy (non-hydrogen) atoms. The number of hydrogen-bond acceptors (Lipinski definition) is 5. The first kappa shape index (κ1) is 15.6. The molecule has 0 aliphatic carbocycles. The van der Waals surface area contributed by atoms with E-state index < -0.39 is 0 Å². The van der Waals surface area contributed by atoms with Crippen molar-refractivity contribution in [2.45, 2.75) is 44.6 Å². The van der Waals surface area contributed by atoms with Crippen LogP contribution in [-0.2, 0) is 16.1 Å². The summed E-state index contributed by atoms with van der Waals surface area (Å²) in [6.07, 6.45) is 5.41. The highest BCUT2D eigenvalue weighted by molar-refractivity contribution is 5.79. The van der Waals surface area contributed by atoms with Gasteiger partial charge in [-0.2, -0.15) is 0 Å². The van der Waals surface area contributed by atoms with Crippen molar-refractivity contribution in [1.29, 1.82) is 0 Å². The van der Waals surface area contributed by atoms with E-state index in [-0.39, 0.29) is 0 Å². The molecule has 2 fully saturated rings. The molecule has 134 valence electrons. The van der Waals surface area contributed by atoms with E-state index in [1.165, 1.54) is 24.8 Å². The maximum Gasteiger partial charge on any atom is 0.208 e. The van der Waals surface area contributed by atoms with Gasteiger partial charge in [0.2, 0.25) is 5.95 Å². The van der Waals surface area contributed by atoms with Gasteiger partial charge in [0.15, 0.2) is 0 Å². The van der Waals surface area contributed by atoms with Gasteiger partial charge >= 0.3 is 0 Å². The van der Waals surface area contributed by atoms with Crippen molar-refractivity contribution in [1.82, 2.24) is 14.5 Å². The largest absolute Gasteiger partial charge is 0.377 e. The monoisotopic (exact) mass is 342 g/mol. The SMILES string of the molecule is c1ccc2c(c1)nc1n2CN(C[C@H]2CCCO2)CN1C[C@@H]1CCCO1. The smallest absolute Gasteiger partial charge is 0.208 e. The molecule has 2 aromatic rings. The summed E-state index contributed by atoms with van der Waals surface area (Å²) in [6, 6.07) is 8.44. The fourth-order valence-corrected chi connectivity index (χ4v) is 4.36. The minimum absolute atomic E-state index is 0.330. The number of rotatable bonds is 4. The Balaban J connectivity index is 1.44. The van der Waals surface area contributed by atoms with Crippen LogP contribution in [0.4, 0.5) is 5.95 Å². The van der Waals surface area contributed by atoms with Gasteiger partial charge in [0.25, 0.3) is 0 Å². The zero-order valence-electron chi connectivity index (χ0n) is 14.6. The number of hydrogen-bond donors (Lipinski definition) is 0. The van der Waals surface area contributed by atoms with Gasteiger partial charge in [-0.1, -0.05) is 12.1 Å². The second kappa shape index (κ2) is 6.59. The minimum Gasteiger partial charge on any atom is -0.377 e. The van der Waals surface area contributed by atoms with Crippen LogP contribution >= 0.6 is 0 Å². The molecule has 1 aromatic carbocycles. The summed E-state index contributed by atoms with van der Waals surface area (Å²) in [7, 11) is 0. The van der Waals surface area contributed by atoms with Gasteiger partial charge in [0.1, 0.15) is 0 Å². The molecule has 0 bridgehead atoms. The van der Waals surface area contributed by atoms with E-state index in [0.29, 0.717) is 12.2 Å². The van der Waals surface area contributed by atoms with Crippen LogP contribution in [0.15, 0.2) is 24.3 Å². The maximum atomic E-state index is 5.89. The summed E-state index contributed by atoms with van der Waals surface area (Å²) in [5.74, 6) is 1.08. The van der Waals surface area contributed by atoms with E-state index in [4.69, 9.17) is 14.5 Å². The Hall–Kier alpha value is -1.63. The Morgan fingerprint density at radius 1 is 0.960 bits per heavy atom. The molecule has 6 nitrogen and oxygen atoms in total. The third-order valence-corrected chi connectivity index (χ3v) is 5.56. The zero-order valence-corrected chi connectivity index (χ0v) is 14.6. The van der Waals surface area contributed by atoms with Crippen LogP contribution in [0.2, 0.25) is 0 Å². The van der Waals surface area contributed by atoms with Crippen molar-refractivity contribution in [3.63, 3.8) is 0 Å². The Morgan fingerprint density at radius 2 is 1.72 bits per heavy atom. The van der Waals surface area contributed by atoms with E-state index in [9.17, 15) is 0 Å². The molecule has 1 aromatic heterocycles. The van der Waals surface area contributed by atoms with Crippen molar-refractivity contribution in [3.8, 4) is 0 Å². The van der Waals surface area contributed by atoms with Gasteiger partial charge in [-0.3, -0.25) is 9.47 Å². The fraction of sp³-hybridized carbons (Fsp3) is 0.632. The molecule has 3 aliphatic rings.